The van der Waals surface area contributed by atoms with Crippen molar-refractivity contribution in [3.05, 3.63) is 77.1 Å². The first-order valence-electron chi connectivity index (χ1n) is 12.0. The van der Waals surface area contributed by atoms with E-state index in [0.29, 0.717) is 48.9 Å². The molecule has 2 aromatic rings. The van der Waals surface area contributed by atoms with E-state index >= 15 is 0 Å². The van der Waals surface area contributed by atoms with Gasteiger partial charge in [0, 0.05) is 43.1 Å². The van der Waals surface area contributed by atoms with Gasteiger partial charge >= 0.3 is 6.03 Å². The molecule has 2 N–H and O–H groups in total. The van der Waals surface area contributed by atoms with Gasteiger partial charge in [-0.3, -0.25) is 9.59 Å². The molecule has 3 aliphatic rings. The molecule has 3 heterocycles. The van der Waals surface area contributed by atoms with Crippen molar-refractivity contribution in [3.63, 3.8) is 0 Å². The number of likely N-dealkylation sites (tertiary alicyclic amines) is 1. The molecule has 3 aliphatic heterocycles. The second-order valence-corrected chi connectivity index (χ2v) is 9.81. The molecule has 2 aromatic carbocycles. The highest BCUT2D eigenvalue weighted by Gasteiger charge is 2.41. The van der Waals surface area contributed by atoms with E-state index in [-0.39, 0.29) is 17.9 Å². The van der Waals surface area contributed by atoms with E-state index in [4.69, 9.17) is 11.6 Å². The van der Waals surface area contributed by atoms with Gasteiger partial charge in [-0.15, -0.1) is 0 Å². The highest BCUT2D eigenvalue weighted by Crippen LogP contribution is 2.29. The smallest absolute Gasteiger partial charge is 0.320 e. The number of hydrogen-bond acceptors (Lipinski definition) is 5. The van der Waals surface area contributed by atoms with Crippen LogP contribution in [0.25, 0.3) is 0 Å². The Morgan fingerprint density at radius 3 is 2.36 bits per heavy atom. The monoisotopic (exact) mass is 508 g/mol. The number of anilines is 1. The maximum absolute atomic E-state index is 13.6. The summed E-state index contributed by atoms with van der Waals surface area (Å²) in [5, 5.41) is 6.17. The minimum absolute atomic E-state index is 0.0619. The van der Waals surface area contributed by atoms with Gasteiger partial charge in [-0.05, 0) is 42.7 Å². The topological polar surface area (TPSA) is 88.2 Å². The summed E-state index contributed by atoms with van der Waals surface area (Å²) in [6.45, 7) is 2.36. The number of amides is 4. The zero-order chi connectivity index (χ0) is 25.2. The van der Waals surface area contributed by atoms with Gasteiger partial charge in [0.2, 0.25) is 5.91 Å². The lowest BCUT2D eigenvalue weighted by Crippen LogP contribution is -2.51. The number of hydrogen-bond donors (Lipinski definition) is 2. The number of nitrogens with zero attached hydrogens (tertiary/aromatic N) is 4. The van der Waals surface area contributed by atoms with Gasteiger partial charge in [0.15, 0.2) is 0 Å². The van der Waals surface area contributed by atoms with Crippen molar-refractivity contribution >= 4 is 35.1 Å². The number of halogens is 1. The Morgan fingerprint density at radius 1 is 1.00 bits per heavy atom. The number of carbonyl (C=O) groups is 3. The van der Waals surface area contributed by atoms with Crippen molar-refractivity contribution in [2.45, 2.75) is 24.9 Å². The predicted molar refractivity (Wildman–Crippen MR) is 137 cm³/mol. The van der Waals surface area contributed by atoms with Gasteiger partial charge in [-0.2, -0.15) is 0 Å². The van der Waals surface area contributed by atoms with Crippen LogP contribution in [0.2, 0.25) is 5.02 Å². The Kier molecular flexibility index (Phi) is 6.73. The Hall–Kier alpha value is -3.72. The molecule has 4 amide bonds. The third-order valence-corrected chi connectivity index (χ3v) is 7.11. The molecule has 1 atom stereocenters. The van der Waals surface area contributed by atoms with Crippen LogP contribution in [0.4, 0.5) is 10.5 Å². The van der Waals surface area contributed by atoms with Gasteiger partial charge in [0.1, 0.15) is 11.7 Å². The van der Waals surface area contributed by atoms with E-state index in [9.17, 15) is 14.4 Å². The van der Waals surface area contributed by atoms with E-state index in [2.05, 4.69) is 15.5 Å². The minimum Gasteiger partial charge on any atom is -0.361 e. The molecular weight excluding hydrogens is 480 g/mol. The van der Waals surface area contributed by atoms with Crippen LogP contribution in [0.3, 0.4) is 0 Å². The fourth-order valence-electron chi connectivity index (χ4n) is 5.01. The van der Waals surface area contributed by atoms with E-state index in [1.807, 2.05) is 53.4 Å². The fraction of sp³-hybridized carbons (Fsp3) is 0.346. The average Bonchev–Trinajstić information content (AvgIpc) is 3.40. The summed E-state index contributed by atoms with van der Waals surface area (Å²) < 4.78 is 0. The van der Waals surface area contributed by atoms with Crippen molar-refractivity contribution in [2.75, 3.05) is 38.8 Å². The van der Waals surface area contributed by atoms with Gasteiger partial charge in [0.05, 0.1) is 13.3 Å². The van der Waals surface area contributed by atoms with Crippen LogP contribution < -0.4 is 10.6 Å². The molecular formula is C26H29ClN6O3. The van der Waals surface area contributed by atoms with Crippen LogP contribution in [-0.2, 0) is 9.59 Å². The summed E-state index contributed by atoms with van der Waals surface area (Å²) in [6.07, 6.45) is 3.30. The molecule has 0 spiro atoms. The lowest BCUT2D eigenvalue weighted by atomic mass is 10.0. The highest BCUT2D eigenvalue weighted by atomic mass is 35.5. The zero-order valence-electron chi connectivity index (χ0n) is 20.1. The van der Waals surface area contributed by atoms with Crippen LogP contribution >= 0.6 is 11.6 Å². The van der Waals surface area contributed by atoms with Crippen LogP contribution in [-0.4, -0.2) is 77.0 Å². The highest BCUT2D eigenvalue weighted by molar-refractivity contribution is 6.30. The second kappa shape index (κ2) is 10.1. The zero-order valence-corrected chi connectivity index (χ0v) is 20.8. The summed E-state index contributed by atoms with van der Waals surface area (Å²) in [5.41, 5.74) is 2.03. The fourth-order valence-corrected chi connectivity index (χ4v) is 5.14. The Labute approximate surface area is 215 Å². The Morgan fingerprint density at radius 2 is 1.69 bits per heavy atom. The molecule has 2 saturated heterocycles. The Bertz CT molecular complexity index is 1160. The number of nitrogens with one attached hydrogen (secondary N) is 2. The van der Waals surface area contributed by atoms with Gasteiger partial charge in [-0.1, -0.05) is 41.9 Å². The lowest BCUT2D eigenvalue weighted by molar-refractivity contribution is -0.135. The van der Waals surface area contributed by atoms with Crippen molar-refractivity contribution in [1.82, 2.24) is 24.9 Å². The average molecular weight is 509 g/mol. The summed E-state index contributed by atoms with van der Waals surface area (Å²) in [6, 6.07) is 14.8. The van der Waals surface area contributed by atoms with E-state index in [1.165, 1.54) is 0 Å². The van der Waals surface area contributed by atoms with Crippen molar-refractivity contribution in [3.8, 4) is 0 Å². The van der Waals surface area contributed by atoms with Gasteiger partial charge in [0.25, 0.3) is 5.91 Å². The minimum atomic E-state index is -0.824. The molecule has 5 rings (SSSR count). The summed E-state index contributed by atoms with van der Waals surface area (Å²) in [7, 11) is 1.96. The first-order valence-corrected chi connectivity index (χ1v) is 12.4. The van der Waals surface area contributed by atoms with Crippen LogP contribution in [0.5, 0.6) is 0 Å². The second-order valence-electron chi connectivity index (χ2n) is 9.37. The molecule has 0 bridgehead atoms. The van der Waals surface area contributed by atoms with Gasteiger partial charge < -0.3 is 30.2 Å². The number of piperidine rings is 1. The van der Waals surface area contributed by atoms with E-state index < -0.39 is 12.1 Å². The molecule has 10 heteroatoms. The van der Waals surface area contributed by atoms with Gasteiger partial charge in [-0.25, -0.2) is 4.79 Å². The molecule has 36 heavy (non-hydrogen) atoms. The standard InChI is InChI=1S/C26H29ClN6O3/c1-30-15-22-24(34)33(17-32(22)16-30)21-11-13-31(14-12-21)25(35)23(18-5-3-2-4-6-18)29-26(36)28-20-9-7-19(27)8-10-20/h2-10,15,21,23H,11-14,16-17H2,1H3,(H2,28,29,36). The third-order valence-electron chi connectivity index (χ3n) is 6.85. The summed E-state index contributed by atoms with van der Waals surface area (Å²) in [4.78, 5) is 47.0. The van der Waals surface area contributed by atoms with Crippen LogP contribution in [0, 0.1) is 0 Å². The van der Waals surface area contributed by atoms with E-state index in [1.54, 1.807) is 29.2 Å². The molecule has 0 saturated carbocycles. The maximum Gasteiger partial charge on any atom is 0.320 e. The van der Waals surface area contributed by atoms with Crippen LogP contribution in [0.15, 0.2) is 66.5 Å². The largest absolute Gasteiger partial charge is 0.361 e. The molecule has 0 radical (unpaired) electrons. The molecule has 2 fully saturated rings. The Balaban J connectivity index is 1.23. The molecule has 9 nitrogen and oxygen atoms in total. The van der Waals surface area contributed by atoms with Crippen molar-refractivity contribution in [2.24, 2.45) is 0 Å². The summed E-state index contributed by atoms with van der Waals surface area (Å²) >= 11 is 5.92. The normalized spacial score (nSPS) is 18.7. The number of urea groups is 1. The molecule has 0 aromatic heterocycles. The summed E-state index contributed by atoms with van der Waals surface area (Å²) in [5.74, 6) is -0.101. The van der Waals surface area contributed by atoms with Crippen LogP contribution in [0.1, 0.15) is 24.4 Å². The number of fused-ring (bicyclic) bond motifs is 1. The molecule has 0 aliphatic carbocycles. The number of carbonyl (C=O) groups excluding carboxylic acids is 3. The SMILES string of the molecule is CN1C=C2C(=O)N(C3CCN(C(=O)C(NC(=O)Nc4ccc(Cl)cc4)c4ccccc4)CC3)CN2C1. The molecule has 188 valence electrons. The quantitative estimate of drug-likeness (QED) is 0.648. The predicted octanol–water partition coefficient (Wildman–Crippen LogP) is 3.04. The molecule has 1 unspecified atom stereocenters. The number of benzene rings is 2. The third kappa shape index (κ3) is 4.97. The number of rotatable bonds is 5. The maximum atomic E-state index is 13.6. The van der Waals surface area contributed by atoms with E-state index in [0.717, 1.165) is 12.4 Å². The lowest BCUT2D eigenvalue weighted by Gasteiger charge is -2.38. The van der Waals surface area contributed by atoms with Crippen molar-refractivity contribution < 1.29 is 14.4 Å². The van der Waals surface area contributed by atoms with Crippen molar-refractivity contribution in [1.29, 1.82) is 0 Å². The first kappa shape index (κ1) is 24.0. The first-order chi connectivity index (χ1) is 17.4.